The monoisotopic (exact) mass is 384 g/mol. The van der Waals surface area contributed by atoms with Crippen molar-refractivity contribution in [3.05, 3.63) is 27.4 Å². The summed E-state index contributed by atoms with van der Waals surface area (Å²) >= 11 is 8.88. The Morgan fingerprint density at radius 3 is 2.85 bits per heavy atom. The molecule has 0 bridgehead atoms. The summed E-state index contributed by atoms with van der Waals surface area (Å²) < 4.78 is 40.3. The van der Waals surface area contributed by atoms with Crippen molar-refractivity contribution in [2.75, 3.05) is 19.6 Å². The number of rotatable bonds is 4. The zero-order valence-electron chi connectivity index (χ0n) is 10.6. The summed E-state index contributed by atoms with van der Waals surface area (Å²) in [6.45, 7) is 2.11. The van der Waals surface area contributed by atoms with Crippen molar-refractivity contribution in [1.29, 1.82) is 0 Å². The fourth-order valence-electron chi connectivity index (χ4n) is 2.18. The molecular weight excluding hydrogens is 371 g/mol. The average Bonchev–Trinajstić information content (AvgIpc) is 2.36. The van der Waals surface area contributed by atoms with Crippen LogP contribution in [0.5, 0.6) is 0 Å². The van der Waals surface area contributed by atoms with Gasteiger partial charge in [-0.1, -0.05) is 11.6 Å². The summed E-state index contributed by atoms with van der Waals surface area (Å²) in [5.41, 5.74) is 0. The van der Waals surface area contributed by atoms with Gasteiger partial charge in [0.15, 0.2) is 0 Å². The Morgan fingerprint density at radius 2 is 2.25 bits per heavy atom. The van der Waals surface area contributed by atoms with Crippen LogP contribution in [0.25, 0.3) is 0 Å². The van der Waals surface area contributed by atoms with Gasteiger partial charge in [0, 0.05) is 11.0 Å². The minimum absolute atomic E-state index is 0.121. The number of sulfonamides is 1. The second-order valence-corrected chi connectivity index (χ2v) is 7.73. The minimum atomic E-state index is -3.76. The molecule has 20 heavy (non-hydrogen) atoms. The molecule has 4 nitrogen and oxygen atoms in total. The third-order valence-electron chi connectivity index (χ3n) is 3.19. The van der Waals surface area contributed by atoms with Gasteiger partial charge < -0.3 is 5.32 Å². The minimum Gasteiger partial charge on any atom is -0.316 e. The molecule has 0 amide bonds. The Balaban J connectivity index is 2.14. The molecule has 0 spiro atoms. The van der Waals surface area contributed by atoms with Crippen LogP contribution in [0.2, 0.25) is 5.02 Å². The van der Waals surface area contributed by atoms with Crippen LogP contribution in [0.1, 0.15) is 12.8 Å². The molecule has 8 heteroatoms. The van der Waals surface area contributed by atoms with Crippen molar-refractivity contribution in [2.45, 2.75) is 17.7 Å². The van der Waals surface area contributed by atoms with E-state index in [2.05, 4.69) is 26.0 Å². The number of hydrogen-bond acceptors (Lipinski definition) is 3. The Morgan fingerprint density at radius 1 is 1.50 bits per heavy atom. The zero-order chi connectivity index (χ0) is 14.8. The molecule has 1 aromatic rings. The lowest BCUT2D eigenvalue weighted by molar-refractivity contribution is 0.376. The molecule has 0 radical (unpaired) electrons. The third kappa shape index (κ3) is 3.92. The highest BCUT2D eigenvalue weighted by Gasteiger charge is 2.24. The molecular formula is C12H15BrClFN2O2S. The van der Waals surface area contributed by atoms with Gasteiger partial charge in [-0.25, -0.2) is 17.5 Å². The molecule has 1 atom stereocenters. The lowest BCUT2D eigenvalue weighted by Gasteiger charge is -2.23. The van der Waals surface area contributed by atoms with Gasteiger partial charge >= 0.3 is 0 Å². The van der Waals surface area contributed by atoms with Crippen LogP contribution in [0.4, 0.5) is 4.39 Å². The van der Waals surface area contributed by atoms with Crippen LogP contribution < -0.4 is 10.0 Å². The second-order valence-electron chi connectivity index (χ2n) is 4.76. The van der Waals surface area contributed by atoms with Gasteiger partial charge in [0.1, 0.15) is 10.7 Å². The van der Waals surface area contributed by atoms with E-state index in [1.165, 1.54) is 0 Å². The predicted octanol–water partition coefficient (Wildman–Crippen LogP) is 2.52. The summed E-state index contributed by atoms with van der Waals surface area (Å²) in [6, 6.07) is 2.08. The molecule has 2 rings (SSSR count). The first-order valence-corrected chi connectivity index (χ1v) is 8.90. The molecule has 1 aromatic carbocycles. The first-order chi connectivity index (χ1) is 9.40. The average molecular weight is 386 g/mol. The maximum absolute atomic E-state index is 13.1. The van der Waals surface area contributed by atoms with Crippen molar-refractivity contribution in [2.24, 2.45) is 5.92 Å². The van der Waals surface area contributed by atoms with Crippen molar-refractivity contribution in [3.63, 3.8) is 0 Å². The molecule has 1 fully saturated rings. The summed E-state index contributed by atoms with van der Waals surface area (Å²) in [5, 5.41) is 3.09. The third-order valence-corrected chi connectivity index (χ3v) is 6.01. The van der Waals surface area contributed by atoms with E-state index in [-0.39, 0.29) is 20.3 Å². The van der Waals surface area contributed by atoms with E-state index in [1.54, 1.807) is 0 Å². The van der Waals surface area contributed by atoms with Gasteiger partial charge in [-0.2, -0.15) is 0 Å². The first kappa shape index (κ1) is 16.2. The highest BCUT2D eigenvalue weighted by atomic mass is 79.9. The Hall–Kier alpha value is -0.210. The number of piperidine rings is 1. The SMILES string of the molecule is O=S(=O)(NC[C@H]1CCCNC1)c1c(Cl)cc(F)cc1Br. The number of nitrogens with one attached hydrogen (secondary N) is 2. The molecule has 1 aliphatic rings. The summed E-state index contributed by atoms with van der Waals surface area (Å²) in [4.78, 5) is -0.121. The van der Waals surface area contributed by atoms with E-state index in [0.717, 1.165) is 38.1 Å². The quantitative estimate of drug-likeness (QED) is 0.837. The largest absolute Gasteiger partial charge is 0.316 e. The molecule has 0 aliphatic carbocycles. The summed E-state index contributed by atoms with van der Waals surface area (Å²) in [5.74, 6) is -0.325. The lowest BCUT2D eigenvalue weighted by Crippen LogP contribution is -2.38. The molecule has 0 saturated carbocycles. The number of benzene rings is 1. The predicted molar refractivity (Wildman–Crippen MR) is 79.9 cm³/mol. The molecule has 2 N–H and O–H groups in total. The molecule has 0 aromatic heterocycles. The van der Waals surface area contributed by atoms with E-state index in [9.17, 15) is 12.8 Å². The van der Waals surface area contributed by atoms with Gasteiger partial charge in [0.05, 0.1) is 5.02 Å². The second kappa shape index (κ2) is 6.70. The van der Waals surface area contributed by atoms with Crippen LogP contribution in [-0.2, 0) is 10.0 Å². The van der Waals surface area contributed by atoms with E-state index in [4.69, 9.17) is 11.6 Å². The Bertz CT molecular complexity index is 568. The molecule has 1 aliphatic heterocycles. The van der Waals surface area contributed by atoms with Gasteiger partial charge in [-0.05, 0) is 59.9 Å². The number of halogens is 3. The smallest absolute Gasteiger partial charge is 0.243 e. The lowest BCUT2D eigenvalue weighted by atomic mass is 10.0. The molecule has 1 heterocycles. The topological polar surface area (TPSA) is 58.2 Å². The van der Waals surface area contributed by atoms with E-state index >= 15 is 0 Å². The van der Waals surface area contributed by atoms with Gasteiger partial charge in [0.2, 0.25) is 10.0 Å². The summed E-state index contributed by atoms with van der Waals surface area (Å²) in [6.07, 6.45) is 2.02. The van der Waals surface area contributed by atoms with E-state index in [1.807, 2.05) is 0 Å². The normalized spacial score (nSPS) is 20.1. The highest BCUT2D eigenvalue weighted by molar-refractivity contribution is 9.10. The number of hydrogen-bond donors (Lipinski definition) is 2. The van der Waals surface area contributed by atoms with Crippen molar-refractivity contribution in [3.8, 4) is 0 Å². The van der Waals surface area contributed by atoms with Crippen LogP contribution in [0.3, 0.4) is 0 Å². The van der Waals surface area contributed by atoms with E-state index in [0.29, 0.717) is 6.54 Å². The molecule has 1 saturated heterocycles. The zero-order valence-corrected chi connectivity index (χ0v) is 13.8. The molecule has 112 valence electrons. The van der Waals surface area contributed by atoms with Gasteiger partial charge in [0.25, 0.3) is 0 Å². The maximum atomic E-state index is 13.1. The first-order valence-electron chi connectivity index (χ1n) is 6.25. The van der Waals surface area contributed by atoms with Crippen LogP contribution >= 0.6 is 27.5 Å². The Kier molecular flexibility index (Phi) is 5.42. The van der Waals surface area contributed by atoms with Crippen molar-refractivity contribution >= 4 is 37.6 Å². The van der Waals surface area contributed by atoms with Crippen molar-refractivity contribution in [1.82, 2.24) is 10.0 Å². The van der Waals surface area contributed by atoms with Crippen LogP contribution in [0.15, 0.2) is 21.5 Å². The van der Waals surface area contributed by atoms with Gasteiger partial charge in [-0.3, -0.25) is 0 Å². The molecule has 0 unspecified atom stereocenters. The maximum Gasteiger partial charge on any atom is 0.243 e. The van der Waals surface area contributed by atoms with Gasteiger partial charge in [-0.15, -0.1) is 0 Å². The summed E-state index contributed by atoms with van der Waals surface area (Å²) in [7, 11) is -3.76. The Labute approximate surface area is 131 Å². The van der Waals surface area contributed by atoms with Crippen molar-refractivity contribution < 1.29 is 12.8 Å². The van der Waals surface area contributed by atoms with Crippen LogP contribution in [0, 0.1) is 11.7 Å². The van der Waals surface area contributed by atoms with Crippen LogP contribution in [-0.4, -0.2) is 28.1 Å². The standard InChI is InChI=1S/C12H15BrClFN2O2S/c13-10-4-9(15)5-11(14)12(10)20(18,19)17-7-8-2-1-3-16-6-8/h4-5,8,16-17H,1-3,6-7H2/t8-/m0/s1. The van der Waals surface area contributed by atoms with E-state index < -0.39 is 15.8 Å². The fourth-order valence-corrected chi connectivity index (χ4v) is 5.11. The highest BCUT2D eigenvalue weighted by Crippen LogP contribution is 2.30. The fraction of sp³-hybridized carbons (Fsp3) is 0.500.